The fraction of sp³-hybridized carbons (Fsp3) is 0.429. The molecule has 3 rings (SSSR count). The van der Waals surface area contributed by atoms with E-state index in [-0.39, 0.29) is 0 Å². The summed E-state index contributed by atoms with van der Waals surface area (Å²) in [5.74, 6) is 0. The number of benzene rings is 2. The number of halogens is 1. The van der Waals surface area contributed by atoms with Crippen molar-refractivity contribution in [1.82, 2.24) is 9.80 Å². The number of rotatable bonds is 5. The first-order valence-corrected chi connectivity index (χ1v) is 14.0. The Kier molecular flexibility index (Phi) is 12.5. The minimum absolute atomic E-state index is 0.451. The normalized spacial score (nSPS) is 16.1. The lowest BCUT2D eigenvalue weighted by Gasteiger charge is -2.35. The molecule has 1 aliphatic rings. The second-order valence-corrected chi connectivity index (χ2v) is 11.0. The van der Waals surface area contributed by atoms with Gasteiger partial charge in [-0.05, 0) is 23.3 Å². The van der Waals surface area contributed by atoms with Crippen molar-refractivity contribution in [2.75, 3.05) is 45.2 Å². The van der Waals surface area contributed by atoms with Gasteiger partial charge in [0, 0.05) is 44.3 Å². The summed E-state index contributed by atoms with van der Waals surface area (Å²) in [5.41, 5.74) is 2.29. The van der Waals surface area contributed by atoms with E-state index >= 15 is 0 Å². The molecule has 1 saturated heterocycles. The van der Waals surface area contributed by atoms with Crippen molar-refractivity contribution in [2.45, 2.75) is 12.6 Å². The maximum absolute atomic E-state index is 10.4. The van der Waals surface area contributed by atoms with Gasteiger partial charge in [0.25, 0.3) is 20.2 Å². The average Bonchev–Trinajstić information content (AvgIpc) is 2.68. The van der Waals surface area contributed by atoms with E-state index in [1.807, 2.05) is 24.3 Å². The van der Waals surface area contributed by atoms with Gasteiger partial charge in [0.05, 0.1) is 18.6 Å². The molecule has 0 saturated carbocycles. The van der Waals surface area contributed by atoms with Crippen molar-refractivity contribution in [3.05, 3.63) is 70.7 Å². The lowest BCUT2D eigenvalue weighted by atomic mass is 10.1. The number of hydrogen-bond donors (Lipinski definition) is 3. The van der Waals surface area contributed by atoms with Crippen molar-refractivity contribution in [3.63, 3.8) is 0 Å². The topological polar surface area (TPSA) is 135 Å². The number of nitrogens with zero attached hydrogens (tertiary/aromatic N) is 2. The van der Waals surface area contributed by atoms with Crippen LogP contribution < -0.4 is 0 Å². The van der Waals surface area contributed by atoms with Crippen molar-refractivity contribution in [2.24, 2.45) is 0 Å². The molecule has 3 N–H and O–H groups in total. The fourth-order valence-corrected chi connectivity index (χ4v) is 3.13. The zero-order chi connectivity index (χ0) is 25.1. The minimum atomic E-state index is -3.67. The van der Waals surface area contributed by atoms with Crippen LogP contribution in [0.2, 0.25) is 5.02 Å². The highest BCUT2D eigenvalue weighted by Gasteiger charge is 2.20. The third-order valence-electron chi connectivity index (χ3n) is 4.40. The molecule has 0 aliphatic carbocycles. The van der Waals surface area contributed by atoms with Gasteiger partial charge >= 0.3 is 0 Å². The molecule has 0 radical (unpaired) electrons. The van der Waals surface area contributed by atoms with Crippen LogP contribution in [-0.4, -0.2) is 86.1 Å². The second-order valence-electron chi connectivity index (χ2n) is 7.60. The summed E-state index contributed by atoms with van der Waals surface area (Å²) in [7, 11) is -7.33. The summed E-state index contributed by atoms with van der Waals surface area (Å²) in [5, 5.41) is 11.1. The van der Waals surface area contributed by atoms with Crippen LogP contribution in [0, 0.1) is 0 Å². The van der Waals surface area contributed by atoms with Gasteiger partial charge in [-0.2, -0.15) is 16.8 Å². The van der Waals surface area contributed by atoms with Crippen LogP contribution in [0.25, 0.3) is 0 Å². The Morgan fingerprint density at radius 3 is 1.70 bits per heavy atom. The first kappa shape index (κ1) is 29.5. The van der Waals surface area contributed by atoms with Gasteiger partial charge in [-0.3, -0.25) is 18.9 Å². The molecule has 9 nitrogen and oxygen atoms in total. The Hall–Kier alpha value is -1.57. The fourth-order valence-electron chi connectivity index (χ4n) is 3.01. The number of aliphatic hydroxyl groups excluding tert-OH is 1. The van der Waals surface area contributed by atoms with Crippen LogP contribution in [-0.2, 0) is 26.8 Å². The van der Waals surface area contributed by atoms with Crippen molar-refractivity contribution < 1.29 is 31.0 Å². The van der Waals surface area contributed by atoms with E-state index in [1.165, 1.54) is 5.56 Å². The molecule has 1 unspecified atom stereocenters. The van der Waals surface area contributed by atoms with Crippen LogP contribution in [0.3, 0.4) is 0 Å². The molecule has 186 valence electrons. The van der Waals surface area contributed by atoms with Crippen LogP contribution in [0.1, 0.15) is 17.2 Å². The number of hydrogen-bond acceptors (Lipinski definition) is 7. The predicted octanol–water partition coefficient (Wildman–Crippen LogP) is 2.20. The lowest BCUT2D eigenvalue weighted by Crippen LogP contribution is -2.47. The summed E-state index contributed by atoms with van der Waals surface area (Å²) in [4.78, 5) is 4.81. The van der Waals surface area contributed by atoms with E-state index in [0.717, 1.165) is 38.3 Å². The standard InChI is InChI=1S/C19H23ClN2O.2CH4O3S/c20-18-8-6-17(7-9-18)19(23)15-22-12-10-21(11-13-22)14-16-4-2-1-3-5-16;2*1-5(2,3)4/h1-9,19,23H,10-15H2;2*1H3,(H,2,3,4). The summed E-state index contributed by atoms with van der Waals surface area (Å²) in [6, 6.07) is 18.1. The van der Waals surface area contributed by atoms with Gasteiger partial charge in [0.2, 0.25) is 0 Å². The molecule has 2 aromatic rings. The predicted molar refractivity (Wildman–Crippen MR) is 130 cm³/mol. The monoisotopic (exact) mass is 522 g/mol. The van der Waals surface area contributed by atoms with Crippen LogP contribution >= 0.6 is 11.6 Å². The Morgan fingerprint density at radius 1 is 0.818 bits per heavy atom. The van der Waals surface area contributed by atoms with E-state index in [4.69, 9.17) is 20.7 Å². The highest BCUT2D eigenvalue weighted by atomic mass is 35.5. The first-order chi connectivity index (χ1) is 15.2. The highest BCUT2D eigenvalue weighted by molar-refractivity contribution is 7.85. The molecule has 0 aromatic heterocycles. The Labute approximate surface area is 201 Å². The largest absolute Gasteiger partial charge is 0.387 e. The van der Waals surface area contributed by atoms with Crippen LogP contribution in [0.4, 0.5) is 0 Å². The zero-order valence-corrected chi connectivity index (χ0v) is 21.0. The van der Waals surface area contributed by atoms with Gasteiger partial charge in [-0.1, -0.05) is 54.1 Å². The van der Waals surface area contributed by atoms with Gasteiger partial charge in [-0.25, -0.2) is 0 Å². The van der Waals surface area contributed by atoms with E-state index in [0.29, 0.717) is 24.1 Å². The average molecular weight is 523 g/mol. The molecule has 0 amide bonds. The maximum atomic E-state index is 10.4. The molecule has 1 fully saturated rings. The van der Waals surface area contributed by atoms with Gasteiger partial charge < -0.3 is 5.11 Å². The number of aliphatic hydroxyl groups is 1. The van der Waals surface area contributed by atoms with E-state index < -0.39 is 26.3 Å². The molecular weight excluding hydrogens is 492 g/mol. The number of piperazine rings is 1. The van der Waals surface area contributed by atoms with E-state index in [2.05, 4.69) is 40.1 Å². The zero-order valence-electron chi connectivity index (χ0n) is 18.6. The lowest BCUT2D eigenvalue weighted by molar-refractivity contribution is 0.0701. The van der Waals surface area contributed by atoms with Gasteiger partial charge in [0.1, 0.15) is 0 Å². The molecular formula is C21H31ClN2O7S2. The molecule has 33 heavy (non-hydrogen) atoms. The molecule has 2 aromatic carbocycles. The molecule has 1 aliphatic heterocycles. The SMILES string of the molecule is CS(=O)(=O)O.CS(=O)(=O)O.OC(CN1CCN(Cc2ccccc2)CC1)c1ccc(Cl)cc1. The minimum Gasteiger partial charge on any atom is -0.387 e. The van der Waals surface area contributed by atoms with E-state index in [1.54, 1.807) is 0 Å². The highest BCUT2D eigenvalue weighted by Crippen LogP contribution is 2.18. The molecule has 1 atom stereocenters. The van der Waals surface area contributed by atoms with Crippen molar-refractivity contribution in [1.29, 1.82) is 0 Å². The molecule has 12 heteroatoms. The van der Waals surface area contributed by atoms with Gasteiger partial charge in [-0.15, -0.1) is 0 Å². The molecule has 1 heterocycles. The third-order valence-corrected chi connectivity index (χ3v) is 4.65. The van der Waals surface area contributed by atoms with Crippen LogP contribution in [0.5, 0.6) is 0 Å². The maximum Gasteiger partial charge on any atom is 0.261 e. The summed E-state index contributed by atoms with van der Waals surface area (Å²) in [6.07, 6.45) is 0.980. The summed E-state index contributed by atoms with van der Waals surface area (Å²) in [6.45, 7) is 5.77. The Balaban J connectivity index is 0.000000460. The van der Waals surface area contributed by atoms with Crippen LogP contribution in [0.15, 0.2) is 54.6 Å². The second kappa shape index (κ2) is 14.0. The first-order valence-electron chi connectivity index (χ1n) is 9.98. The molecule has 0 spiro atoms. The summed E-state index contributed by atoms with van der Waals surface area (Å²) >= 11 is 5.89. The van der Waals surface area contributed by atoms with Gasteiger partial charge in [0.15, 0.2) is 0 Å². The Bertz CT molecular complexity index is 980. The quantitative estimate of drug-likeness (QED) is 0.505. The summed E-state index contributed by atoms with van der Waals surface area (Å²) < 4.78 is 51.7. The smallest absolute Gasteiger partial charge is 0.261 e. The Morgan fingerprint density at radius 2 is 1.24 bits per heavy atom. The number of β-amino-alcohol motifs (C(OH)–C–C–N with tert-alkyl or cyclic N) is 1. The third kappa shape index (κ3) is 16.7. The molecule has 0 bridgehead atoms. The van der Waals surface area contributed by atoms with Crippen molar-refractivity contribution >= 4 is 31.8 Å². The van der Waals surface area contributed by atoms with E-state index in [9.17, 15) is 21.9 Å². The van der Waals surface area contributed by atoms with Crippen molar-refractivity contribution in [3.8, 4) is 0 Å².